The number of Topliss-reactive ketones (excluding diaryl/α,β-unsaturated/α-hetero) is 1. The number of carbonyl (C=O) groups is 2. The van der Waals surface area contributed by atoms with Crippen molar-refractivity contribution in [2.45, 2.75) is 65.4 Å². The van der Waals surface area contributed by atoms with E-state index in [-0.39, 0.29) is 24.2 Å². The Morgan fingerprint density at radius 3 is 2.70 bits per heavy atom. The Bertz CT molecular complexity index is 1390. The smallest absolute Gasteiger partial charge is 0.255 e. The molecule has 7 nitrogen and oxygen atoms in total. The predicted octanol–water partition coefficient (Wildman–Crippen LogP) is 6.91. The average molecular weight is 607 g/mol. The molecule has 1 N–H and O–H groups in total. The quantitative estimate of drug-likeness (QED) is 0.317. The van der Waals surface area contributed by atoms with Gasteiger partial charge in [0.2, 0.25) is 0 Å². The van der Waals surface area contributed by atoms with Crippen LogP contribution in [0.3, 0.4) is 0 Å². The predicted molar refractivity (Wildman–Crippen MR) is 159 cm³/mol. The van der Waals surface area contributed by atoms with Gasteiger partial charge in [0.1, 0.15) is 18.1 Å². The van der Waals surface area contributed by atoms with E-state index in [2.05, 4.69) is 34.2 Å². The van der Waals surface area contributed by atoms with Gasteiger partial charge in [-0.05, 0) is 83.4 Å². The highest BCUT2D eigenvalue weighted by Gasteiger charge is 2.41. The molecular weight excluding hydrogens is 570 g/mol. The molecule has 1 heterocycles. The second-order valence-electron chi connectivity index (χ2n) is 10.5. The van der Waals surface area contributed by atoms with Gasteiger partial charge in [0.05, 0.1) is 29.1 Å². The summed E-state index contributed by atoms with van der Waals surface area (Å²) < 4.78 is 12.1. The van der Waals surface area contributed by atoms with Crippen LogP contribution in [0.5, 0.6) is 11.5 Å². The Kier molecular flexibility index (Phi) is 9.80. The number of rotatable bonds is 10. The Balaban J connectivity index is 1.78. The summed E-state index contributed by atoms with van der Waals surface area (Å²) in [6.07, 6.45) is 3.95. The summed E-state index contributed by atoms with van der Waals surface area (Å²) in [5.41, 5.74) is 4.06. The van der Waals surface area contributed by atoms with Crippen molar-refractivity contribution >= 4 is 33.3 Å². The van der Waals surface area contributed by atoms with E-state index in [9.17, 15) is 14.9 Å². The fourth-order valence-electron chi connectivity index (χ4n) is 5.64. The number of amides is 1. The number of ether oxygens (including phenoxy) is 2. The Hall–Kier alpha value is -3.44. The van der Waals surface area contributed by atoms with E-state index < -0.39 is 11.8 Å². The van der Waals surface area contributed by atoms with Gasteiger partial charge in [-0.2, -0.15) is 5.26 Å². The van der Waals surface area contributed by atoms with Crippen LogP contribution in [0.1, 0.15) is 80.3 Å². The SMILES string of the molecule is CCCNC(=O)c1cc(C2C3=C(CC(CCC)CC3=O)N=C(C)C2C#N)cc(Br)c1OCc1cccc(OC)c1. The maximum Gasteiger partial charge on any atom is 0.255 e. The molecule has 0 bridgehead atoms. The first-order valence-electron chi connectivity index (χ1n) is 13.9. The number of aliphatic imine (C=N–C) groups is 1. The second-order valence-corrected chi connectivity index (χ2v) is 11.3. The number of nitrogens with one attached hydrogen (secondary N) is 1. The molecular formula is C32H36BrN3O4. The molecule has 1 aliphatic carbocycles. The first-order chi connectivity index (χ1) is 19.3. The molecule has 8 heteroatoms. The maximum absolute atomic E-state index is 13.5. The lowest BCUT2D eigenvalue weighted by atomic mass is 9.70. The number of nitriles is 1. The van der Waals surface area contributed by atoms with Crippen LogP contribution in [0.15, 0.2) is 57.1 Å². The molecule has 40 heavy (non-hydrogen) atoms. The summed E-state index contributed by atoms with van der Waals surface area (Å²) in [5, 5.41) is 13.1. The van der Waals surface area contributed by atoms with Crippen molar-refractivity contribution in [2.75, 3.05) is 13.7 Å². The van der Waals surface area contributed by atoms with Crippen LogP contribution in [-0.4, -0.2) is 31.1 Å². The van der Waals surface area contributed by atoms with E-state index in [4.69, 9.17) is 14.5 Å². The number of carbonyl (C=O) groups excluding carboxylic acids is 2. The summed E-state index contributed by atoms with van der Waals surface area (Å²) in [4.78, 5) is 31.7. The zero-order chi connectivity index (χ0) is 28.8. The zero-order valence-corrected chi connectivity index (χ0v) is 25.1. The monoisotopic (exact) mass is 605 g/mol. The molecule has 3 unspecified atom stereocenters. The molecule has 0 saturated carbocycles. The molecule has 3 atom stereocenters. The standard InChI is InChI=1S/C32H36BrN3O4/c1-5-8-20-13-27-30(28(37)14-20)29(25(17-34)19(3)36-27)22-15-24(32(38)35-11-6-2)31(26(33)16-22)40-18-21-9-7-10-23(12-21)39-4/h7,9-10,12,15-16,20,25,29H,5-6,8,11,13-14,18H2,1-4H3,(H,35,38). The van der Waals surface area contributed by atoms with Gasteiger partial charge in [-0.3, -0.25) is 14.6 Å². The van der Waals surface area contributed by atoms with Gasteiger partial charge in [-0.25, -0.2) is 0 Å². The van der Waals surface area contributed by atoms with Crippen molar-refractivity contribution in [3.8, 4) is 17.6 Å². The number of hydrogen-bond acceptors (Lipinski definition) is 6. The van der Waals surface area contributed by atoms with Crippen molar-refractivity contribution in [1.29, 1.82) is 5.26 Å². The molecule has 0 fully saturated rings. The van der Waals surface area contributed by atoms with E-state index in [1.807, 2.05) is 44.2 Å². The lowest BCUT2D eigenvalue weighted by Crippen LogP contribution is -2.33. The minimum absolute atomic E-state index is 0.0488. The number of nitrogens with zero attached hydrogens (tertiary/aromatic N) is 2. The average Bonchev–Trinajstić information content (AvgIpc) is 2.94. The maximum atomic E-state index is 13.5. The van der Waals surface area contributed by atoms with Crippen LogP contribution in [0, 0.1) is 23.2 Å². The Morgan fingerprint density at radius 2 is 2.00 bits per heavy atom. The van der Waals surface area contributed by atoms with Gasteiger partial charge in [0.15, 0.2) is 5.78 Å². The summed E-state index contributed by atoms with van der Waals surface area (Å²) in [6, 6.07) is 13.6. The summed E-state index contributed by atoms with van der Waals surface area (Å²) in [5.74, 6) is 0.0559. The fourth-order valence-corrected chi connectivity index (χ4v) is 6.23. The molecule has 0 aromatic heterocycles. The van der Waals surface area contributed by atoms with Crippen LogP contribution in [0.4, 0.5) is 0 Å². The number of halogens is 1. The van der Waals surface area contributed by atoms with Gasteiger partial charge in [-0.1, -0.05) is 32.4 Å². The molecule has 1 amide bonds. The molecule has 0 radical (unpaired) electrons. The zero-order valence-electron chi connectivity index (χ0n) is 23.6. The van der Waals surface area contributed by atoms with E-state index in [0.29, 0.717) is 40.0 Å². The third-order valence-electron chi connectivity index (χ3n) is 7.53. The van der Waals surface area contributed by atoms with Crippen LogP contribution in [0.2, 0.25) is 0 Å². The van der Waals surface area contributed by atoms with Gasteiger partial charge >= 0.3 is 0 Å². The third-order valence-corrected chi connectivity index (χ3v) is 8.12. The number of allylic oxidation sites excluding steroid dienone is 2. The lowest BCUT2D eigenvalue weighted by molar-refractivity contribution is -0.117. The van der Waals surface area contributed by atoms with Gasteiger partial charge in [-0.15, -0.1) is 0 Å². The minimum Gasteiger partial charge on any atom is -0.497 e. The second kappa shape index (κ2) is 13.3. The van der Waals surface area contributed by atoms with E-state index in [1.54, 1.807) is 13.2 Å². The largest absolute Gasteiger partial charge is 0.497 e. The molecule has 210 valence electrons. The summed E-state index contributed by atoms with van der Waals surface area (Å²) >= 11 is 3.65. The van der Waals surface area contributed by atoms with Crippen molar-refractivity contribution in [1.82, 2.24) is 5.32 Å². The van der Waals surface area contributed by atoms with Crippen LogP contribution >= 0.6 is 15.9 Å². The minimum atomic E-state index is -0.604. The summed E-state index contributed by atoms with van der Waals surface area (Å²) in [6.45, 7) is 6.71. The number of hydrogen-bond donors (Lipinski definition) is 1. The van der Waals surface area contributed by atoms with Crippen LogP contribution in [-0.2, 0) is 11.4 Å². The van der Waals surface area contributed by atoms with E-state index in [1.165, 1.54) is 0 Å². The first kappa shape index (κ1) is 29.5. The van der Waals surface area contributed by atoms with Crippen molar-refractivity contribution in [2.24, 2.45) is 16.8 Å². The molecule has 0 saturated heterocycles. The normalized spacial score (nSPS) is 20.4. The lowest BCUT2D eigenvalue weighted by Gasteiger charge is -2.35. The number of benzene rings is 2. The van der Waals surface area contributed by atoms with E-state index in [0.717, 1.165) is 48.3 Å². The topological polar surface area (TPSA) is 101 Å². The number of ketones is 1. The first-order valence-corrected chi connectivity index (χ1v) is 14.7. The number of methoxy groups -OCH3 is 1. The molecule has 2 aromatic carbocycles. The van der Waals surface area contributed by atoms with Crippen molar-refractivity contribution in [3.05, 3.63) is 68.8 Å². The molecule has 2 aliphatic rings. The van der Waals surface area contributed by atoms with Crippen LogP contribution < -0.4 is 14.8 Å². The van der Waals surface area contributed by atoms with E-state index >= 15 is 0 Å². The van der Waals surface area contributed by atoms with Crippen molar-refractivity contribution < 1.29 is 19.1 Å². The van der Waals surface area contributed by atoms with Gasteiger partial charge in [0.25, 0.3) is 5.91 Å². The Labute approximate surface area is 244 Å². The molecule has 0 spiro atoms. The van der Waals surface area contributed by atoms with Crippen LogP contribution in [0.25, 0.3) is 0 Å². The highest BCUT2D eigenvalue weighted by Crippen LogP contribution is 2.46. The molecule has 2 aromatic rings. The molecule has 4 rings (SSSR count). The van der Waals surface area contributed by atoms with Crippen molar-refractivity contribution in [3.63, 3.8) is 0 Å². The van der Waals surface area contributed by atoms with Gasteiger partial charge in [0, 0.05) is 35.9 Å². The summed E-state index contributed by atoms with van der Waals surface area (Å²) in [7, 11) is 1.61. The highest BCUT2D eigenvalue weighted by atomic mass is 79.9. The fraction of sp³-hybridized carbons (Fsp3) is 0.438. The molecule has 1 aliphatic heterocycles. The Morgan fingerprint density at radius 1 is 1.20 bits per heavy atom. The highest BCUT2D eigenvalue weighted by molar-refractivity contribution is 9.10. The van der Waals surface area contributed by atoms with Gasteiger partial charge < -0.3 is 14.8 Å². The third kappa shape index (κ3) is 6.31.